The predicted molar refractivity (Wildman–Crippen MR) is 87.7 cm³/mol. The molecule has 1 amide bonds. The maximum Gasteiger partial charge on any atom is 0.230 e. The molecule has 0 saturated carbocycles. The number of ether oxygens (including phenoxy) is 3. The van der Waals surface area contributed by atoms with E-state index in [1.807, 2.05) is 24.3 Å². The molecule has 1 fully saturated rings. The first-order valence-corrected chi connectivity index (χ1v) is 7.92. The second-order valence-electron chi connectivity index (χ2n) is 5.82. The summed E-state index contributed by atoms with van der Waals surface area (Å²) in [5, 5.41) is 0. The third-order valence-electron chi connectivity index (χ3n) is 4.39. The molecule has 1 aliphatic heterocycles. The van der Waals surface area contributed by atoms with E-state index in [-0.39, 0.29) is 5.91 Å². The van der Waals surface area contributed by atoms with Crippen LogP contribution in [0.25, 0.3) is 0 Å². The van der Waals surface area contributed by atoms with E-state index in [1.165, 1.54) is 0 Å². The average molecular weight is 322 g/mol. The Balaban J connectivity index is 1.88. The molecule has 0 bridgehead atoms. The maximum absolute atomic E-state index is 12.7. The van der Waals surface area contributed by atoms with Gasteiger partial charge in [0, 0.05) is 26.8 Å². The standard InChI is InChI=1S/C17H26N2O4/c1-19(16(20)17(13-18)7-10-22-11-8-17)9-12-23-15-6-4-3-5-14(15)21-2/h3-6H,7-13,18H2,1-2H3. The maximum atomic E-state index is 12.7. The minimum Gasteiger partial charge on any atom is -0.493 e. The minimum atomic E-state index is -0.489. The van der Waals surface area contributed by atoms with E-state index in [2.05, 4.69) is 0 Å². The molecule has 0 radical (unpaired) electrons. The van der Waals surface area contributed by atoms with Crippen LogP contribution in [0.2, 0.25) is 0 Å². The smallest absolute Gasteiger partial charge is 0.230 e. The molecule has 128 valence electrons. The van der Waals surface area contributed by atoms with Gasteiger partial charge in [-0.05, 0) is 25.0 Å². The van der Waals surface area contributed by atoms with Gasteiger partial charge in [0.1, 0.15) is 6.61 Å². The summed E-state index contributed by atoms with van der Waals surface area (Å²) in [7, 11) is 3.40. The van der Waals surface area contributed by atoms with Crippen molar-refractivity contribution in [2.75, 3.05) is 47.1 Å². The van der Waals surface area contributed by atoms with Crippen molar-refractivity contribution < 1.29 is 19.0 Å². The number of benzene rings is 1. The number of methoxy groups -OCH3 is 1. The van der Waals surface area contributed by atoms with Crippen molar-refractivity contribution in [1.29, 1.82) is 0 Å². The third-order valence-corrected chi connectivity index (χ3v) is 4.39. The number of nitrogens with zero attached hydrogens (tertiary/aromatic N) is 1. The fourth-order valence-electron chi connectivity index (χ4n) is 2.80. The number of rotatable bonds is 7. The first kappa shape index (κ1) is 17.6. The Hall–Kier alpha value is -1.79. The van der Waals surface area contributed by atoms with Crippen LogP contribution in [0.4, 0.5) is 0 Å². The summed E-state index contributed by atoms with van der Waals surface area (Å²) in [6.07, 6.45) is 1.36. The molecule has 0 aromatic heterocycles. The molecule has 0 aliphatic carbocycles. The van der Waals surface area contributed by atoms with Crippen molar-refractivity contribution in [1.82, 2.24) is 4.90 Å². The highest BCUT2D eigenvalue weighted by Crippen LogP contribution is 2.31. The summed E-state index contributed by atoms with van der Waals surface area (Å²) >= 11 is 0. The van der Waals surface area contributed by atoms with Crippen LogP contribution in [-0.4, -0.2) is 57.9 Å². The number of hydrogen-bond acceptors (Lipinski definition) is 5. The molecule has 6 nitrogen and oxygen atoms in total. The molecule has 1 aromatic rings. The van der Waals surface area contributed by atoms with Gasteiger partial charge in [-0.2, -0.15) is 0 Å². The summed E-state index contributed by atoms with van der Waals surface area (Å²) in [6, 6.07) is 7.46. The molecular weight excluding hydrogens is 296 g/mol. The molecule has 6 heteroatoms. The molecule has 0 spiro atoms. The van der Waals surface area contributed by atoms with Crippen LogP contribution in [0.3, 0.4) is 0 Å². The summed E-state index contributed by atoms with van der Waals surface area (Å²) in [5.74, 6) is 1.44. The molecular formula is C17H26N2O4. The van der Waals surface area contributed by atoms with Crippen LogP contribution in [-0.2, 0) is 9.53 Å². The van der Waals surface area contributed by atoms with Crippen molar-refractivity contribution in [3.05, 3.63) is 24.3 Å². The Labute approximate surface area is 137 Å². The Morgan fingerprint density at radius 1 is 1.30 bits per heavy atom. The zero-order valence-corrected chi connectivity index (χ0v) is 13.9. The lowest BCUT2D eigenvalue weighted by molar-refractivity contribution is -0.146. The van der Waals surface area contributed by atoms with Gasteiger partial charge in [-0.15, -0.1) is 0 Å². The van der Waals surface area contributed by atoms with Gasteiger partial charge in [-0.3, -0.25) is 4.79 Å². The van der Waals surface area contributed by atoms with Crippen LogP contribution in [0.5, 0.6) is 11.5 Å². The molecule has 1 saturated heterocycles. The van der Waals surface area contributed by atoms with Crippen LogP contribution in [0, 0.1) is 5.41 Å². The topological polar surface area (TPSA) is 74.0 Å². The highest BCUT2D eigenvalue weighted by molar-refractivity contribution is 5.83. The second-order valence-corrected chi connectivity index (χ2v) is 5.82. The molecule has 1 aromatic carbocycles. The number of amides is 1. The number of nitrogens with two attached hydrogens (primary N) is 1. The third kappa shape index (κ3) is 4.14. The molecule has 0 atom stereocenters. The van der Waals surface area contributed by atoms with E-state index in [9.17, 15) is 4.79 Å². The van der Waals surface area contributed by atoms with Gasteiger partial charge in [0.15, 0.2) is 11.5 Å². The number of hydrogen-bond donors (Lipinski definition) is 1. The average Bonchev–Trinajstić information content (AvgIpc) is 2.61. The quantitative estimate of drug-likeness (QED) is 0.819. The lowest BCUT2D eigenvalue weighted by Crippen LogP contribution is -2.50. The Morgan fingerprint density at radius 3 is 2.57 bits per heavy atom. The lowest BCUT2D eigenvalue weighted by Gasteiger charge is -2.37. The largest absolute Gasteiger partial charge is 0.493 e. The monoisotopic (exact) mass is 322 g/mol. The number of likely N-dealkylation sites (N-methyl/N-ethyl adjacent to an activating group) is 1. The molecule has 2 rings (SSSR count). The van der Waals surface area contributed by atoms with Crippen LogP contribution in [0.15, 0.2) is 24.3 Å². The number of carbonyl (C=O) groups is 1. The van der Waals surface area contributed by atoms with Gasteiger partial charge >= 0.3 is 0 Å². The minimum absolute atomic E-state index is 0.0759. The van der Waals surface area contributed by atoms with Gasteiger partial charge < -0.3 is 24.8 Å². The SMILES string of the molecule is COc1ccccc1OCCN(C)C(=O)C1(CN)CCOCC1. The van der Waals surface area contributed by atoms with Crippen molar-refractivity contribution in [3.8, 4) is 11.5 Å². The lowest BCUT2D eigenvalue weighted by atomic mass is 9.79. The fourth-order valence-corrected chi connectivity index (χ4v) is 2.80. The van der Waals surface area contributed by atoms with Crippen molar-refractivity contribution in [3.63, 3.8) is 0 Å². The van der Waals surface area contributed by atoms with Crippen molar-refractivity contribution in [2.45, 2.75) is 12.8 Å². The summed E-state index contributed by atoms with van der Waals surface area (Å²) in [4.78, 5) is 14.4. The molecule has 0 unspecified atom stereocenters. The highest BCUT2D eigenvalue weighted by Gasteiger charge is 2.40. The van der Waals surface area contributed by atoms with E-state index in [0.29, 0.717) is 57.3 Å². The zero-order valence-electron chi connectivity index (χ0n) is 13.9. The van der Waals surface area contributed by atoms with Gasteiger partial charge in [-0.25, -0.2) is 0 Å². The fraction of sp³-hybridized carbons (Fsp3) is 0.588. The molecule has 1 heterocycles. The molecule has 1 aliphatic rings. The van der Waals surface area contributed by atoms with Crippen LogP contribution < -0.4 is 15.2 Å². The highest BCUT2D eigenvalue weighted by atomic mass is 16.5. The molecule has 2 N–H and O–H groups in total. The van der Waals surface area contributed by atoms with Crippen molar-refractivity contribution in [2.24, 2.45) is 11.1 Å². The van der Waals surface area contributed by atoms with E-state index >= 15 is 0 Å². The number of para-hydroxylation sites is 2. The van der Waals surface area contributed by atoms with Gasteiger partial charge in [0.2, 0.25) is 5.91 Å². The van der Waals surface area contributed by atoms with E-state index < -0.39 is 5.41 Å². The van der Waals surface area contributed by atoms with Gasteiger partial charge in [0.25, 0.3) is 0 Å². The number of carbonyl (C=O) groups excluding carboxylic acids is 1. The van der Waals surface area contributed by atoms with Crippen LogP contribution in [0.1, 0.15) is 12.8 Å². The first-order valence-electron chi connectivity index (χ1n) is 7.92. The summed E-state index contributed by atoms with van der Waals surface area (Å²) in [5.41, 5.74) is 5.40. The van der Waals surface area contributed by atoms with E-state index in [4.69, 9.17) is 19.9 Å². The van der Waals surface area contributed by atoms with E-state index in [0.717, 1.165) is 0 Å². The zero-order chi connectivity index (χ0) is 16.7. The van der Waals surface area contributed by atoms with E-state index in [1.54, 1.807) is 19.1 Å². The molecule has 23 heavy (non-hydrogen) atoms. The summed E-state index contributed by atoms with van der Waals surface area (Å²) < 4.78 is 16.3. The Kier molecular flexibility index (Phi) is 6.24. The Bertz CT molecular complexity index is 515. The van der Waals surface area contributed by atoms with Gasteiger partial charge in [-0.1, -0.05) is 12.1 Å². The Morgan fingerprint density at radius 2 is 1.96 bits per heavy atom. The summed E-state index contributed by atoms with van der Waals surface area (Å²) in [6.45, 7) is 2.44. The second kappa shape index (κ2) is 8.17. The van der Waals surface area contributed by atoms with Gasteiger partial charge in [0.05, 0.1) is 19.1 Å². The predicted octanol–water partition coefficient (Wildman–Crippen LogP) is 1.29. The first-order chi connectivity index (χ1) is 11.1. The van der Waals surface area contributed by atoms with Crippen LogP contribution >= 0.6 is 0 Å². The van der Waals surface area contributed by atoms with Crippen molar-refractivity contribution >= 4 is 5.91 Å². The normalized spacial score (nSPS) is 16.7.